The molecule has 0 fully saturated rings. The summed E-state index contributed by atoms with van der Waals surface area (Å²) in [6.45, 7) is 1.62. The highest BCUT2D eigenvalue weighted by Gasteiger charge is 2.18. The second-order valence-electron chi connectivity index (χ2n) is 5.63. The summed E-state index contributed by atoms with van der Waals surface area (Å²) >= 11 is 5.82. The van der Waals surface area contributed by atoms with Gasteiger partial charge in [0.15, 0.2) is 0 Å². The fourth-order valence-electron chi connectivity index (χ4n) is 2.50. The van der Waals surface area contributed by atoms with Crippen molar-refractivity contribution >= 4 is 44.5 Å². The Balaban J connectivity index is 2.00. The molecule has 11 heteroatoms. The first-order valence-electron chi connectivity index (χ1n) is 7.44. The van der Waals surface area contributed by atoms with Crippen LogP contribution in [0.4, 0.5) is 0 Å². The summed E-state index contributed by atoms with van der Waals surface area (Å²) in [6, 6.07) is 7.96. The Morgan fingerprint density at radius 2 is 1.85 bits per heavy atom. The van der Waals surface area contributed by atoms with Crippen LogP contribution in [-0.2, 0) is 10.0 Å². The molecule has 0 saturated heterocycles. The standard InChI is InChI=1S/C16H13ClN4O5S/c1-8-19-12-6-10(16(23)24)3-5-13(12)21(8)20-15(22)9-2-4-11(17)14(7-9)27(18,25)26/h2-7H,1H3,(H,20,22)(H,23,24)(H2,18,25,26). The summed E-state index contributed by atoms with van der Waals surface area (Å²) in [7, 11) is -4.09. The third-order valence-corrected chi connectivity index (χ3v) is 5.17. The molecule has 1 aromatic heterocycles. The predicted octanol–water partition coefficient (Wildman–Crippen LogP) is 1.73. The van der Waals surface area contributed by atoms with E-state index in [9.17, 15) is 18.0 Å². The van der Waals surface area contributed by atoms with Gasteiger partial charge in [-0.1, -0.05) is 11.6 Å². The Kier molecular flexibility index (Phi) is 4.64. The molecule has 140 valence electrons. The summed E-state index contributed by atoms with van der Waals surface area (Å²) in [6.07, 6.45) is 0. The molecule has 0 aliphatic heterocycles. The molecule has 0 atom stereocenters. The number of fused-ring (bicyclic) bond motifs is 1. The zero-order chi connectivity index (χ0) is 19.9. The number of carboxylic acids is 1. The molecule has 27 heavy (non-hydrogen) atoms. The second kappa shape index (κ2) is 6.65. The number of halogens is 1. The molecule has 3 rings (SSSR count). The third-order valence-electron chi connectivity index (χ3n) is 3.78. The minimum Gasteiger partial charge on any atom is -0.478 e. The average molecular weight is 409 g/mol. The van der Waals surface area contributed by atoms with Gasteiger partial charge in [0.05, 0.1) is 21.6 Å². The summed E-state index contributed by atoms with van der Waals surface area (Å²) < 4.78 is 24.5. The molecule has 0 aliphatic carbocycles. The molecule has 0 aliphatic rings. The molecular weight excluding hydrogens is 396 g/mol. The lowest BCUT2D eigenvalue weighted by atomic mass is 10.2. The van der Waals surface area contributed by atoms with Crippen molar-refractivity contribution in [2.24, 2.45) is 5.14 Å². The predicted molar refractivity (Wildman–Crippen MR) is 97.9 cm³/mol. The number of carbonyl (C=O) groups excluding carboxylic acids is 1. The van der Waals surface area contributed by atoms with Crippen LogP contribution >= 0.6 is 11.6 Å². The highest BCUT2D eigenvalue weighted by Crippen LogP contribution is 2.22. The van der Waals surface area contributed by atoms with E-state index in [-0.39, 0.29) is 21.0 Å². The third kappa shape index (κ3) is 3.63. The van der Waals surface area contributed by atoms with E-state index in [1.54, 1.807) is 6.92 Å². The molecule has 1 heterocycles. The molecule has 2 aromatic carbocycles. The minimum atomic E-state index is -4.09. The molecule has 0 unspecified atom stereocenters. The summed E-state index contributed by atoms with van der Waals surface area (Å²) in [5.74, 6) is -1.31. The molecule has 0 saturated carbocycles. The topological polar surface area (TPSA) is 144 Å². The van der Waals surface area contributed by atoms with Crippen molar-refractivity contribution in [3.8, 4) is 0 Å². The zero-order valence-electron chi connectivity index (χ0n) is 13.8. The van der Waals surface area contributed by atoms with E-state index in [4.69, 9.17) is 21.8 Å². The van der Waals surface area contributed by atoms with Crippen molar-refractivity contribution in [1.29, 1.82) is 0 Å². The maximum atomic E-state index is 12.5. The van der Waals surface area contributed by atoms with Crippen molar-refractivity contribution in [3.63, 3.8) is 0 Å². The van der Waals surface area contributed by atoms with E-state index in [0.29, 0.717) is 16.9 Å². The van der Waals surface area contributed by atoms with Crippen LogP contribution in [0.15, 0.2) is 41.3 Å². The van der Waals surface area contributed by atoms with Crippen molar-refractivity contribution < 1.29 is 23.1 Å². The van der Waals surface area contributed by atoms with Crippen LogP contribution in [-0.4, -0.2) is 35.1 Å². The monoisotopic (exact) mass is 408 g/mol. The van der Waals surface area contributed by atoms with Gasteiger partial charge in [0.1, 0.15) is 10.7 Å². The first-order chi connectivity index (χ1) is 12.6. The van der Waals surface area contributed by atoms with Gasteiger partial charge < -0.3 is 5.11 Å². The fourth-order valence-corrected chi connectivity index (χ4v) is 3.57. The number of aryl methyl sites for hydroxylation is 1. The molecule has 9 nitrogen and oxygen atoms in total. The first kappa shape index (κ1) is 18.8. The average Bonchev–Trinajstić information content (AvgIpc) is 2.89. The van der Waals surface area contributed by atoms with Crippen LogP contribution < -0.4 is 10.6 Å². The number of carboxylic acid groups (broad SMARTS) is 1. The van der Waals surface area contributed by atoms with E-state index in [0.717, 1.165) is 6.07 Å². The zero-order valence-corrected chi connectivity index (χ0v) is 15.4. The molecule has 4 N–H and O–H groups in total. The van der Waals surface area contributed by atoms with Crippen LogP contribution in [0.5, 0.6) is 0 Å². The second-order valence-corrected chi connectivity index (χ2v) is 7.57. The van der Waals surface area contributed by atoms with Gasteiger partial charge in [0.2, 0.25) is 10.0 Å². The van der Waals surface area contributed by atoms with Crippen LogP contribution in [0, 0.1) is 6.92 Å². The highest BCUT2D eigenvalue weighted by molar-refractivity contribution is 7.89. The number of nitrogens with one attached hydrogen (secondary N) is 1. The van der Waals surface area contributed by atoms with Gasteiger partial charge in [-0.15, -0.1) is 0 Å². The van der Waals surface area contributed by atoms with E-state index in [2.05, 4.69) is 10.4 Å². The molecular formula is C16H13ClN4O5S. The number of amides is 1. The van der Waals surface area contributed by atoms with E-state index >= 15 is 0 Å². The number of aromatic carboxylic acids is 1. The van der Waals surface area contributed by atoms with Gasteiger partial charge in [-0.25, -0.2) is 28.0 Å². The number of nitrogens with two attached hydrogens (primary N) is 1. The number of benzene rings is 2. The highest BCUT2D eigenvalue weighted by atomic mass is 35.5. The van der Waals surface area contributed by atoms with E-state index in [1.807, 2.05) is 0 Å². The summed E-state index contributed by atoms with van der Waals surface area (Å²) in [5.41, 5.74) is 3.53. The number of aromatic nitrogens is 2. The Morgan fingerprint density at radius 3 is 2.48 bits per heavy atom. The molecule has 0 bridgehead atoms. The number of hydrogen-bond donors (Lipinski definition) is 3. The molecule has 0 radical (unpaired) electrons. The number of nitrogens with zero attached hydrogens (tertiary/aromatic N) is 2. The fraction of sp³-hybridized carbons (Fsp3) is 0.0625. The van der Waals surface area contributed by atoms with Gasteiger partial charge >= 0.3 is 5.97 Å². The molecule has 1 amide bonds. The van der Waals surface area contributed by atoms with Gasteiger partial charge in [0.25, 0.3) is 5.91 Å². The van der Waals surface area contributed by atoms with E-state index in [1.165, 1.54) is 35.0 Å². The number of primary sulfonamides is 1. The first-order valence-corrected chi connectivity index (χ1v) is 9.36. The number of carbonyl (C=O) groups is 2. The lowest BCUT2D eigenvalue weighted by Crippen LogP contribution is -2.24. The largest absolute Gasteiger partial charge is 0.478 e. The SMILES string of the molecule is Cc1nc2cc(C(=O)O)ccc2n1NC(=O)c1ccc(Cl)c(S(N)(=O)=O)c1. The van der Waals surface area contributed by atoms with E-state index < -0.39 is 21.9 Å². The lowest BCUT2D eigenvalue weighted by Gasteiger charge is -2.10. The van der Waals surface area contributed by atoms with Crippen molar-refractivity contribution in [1.82, 2.24) is 9.66 Å². The maximum Gasteiger partial charge on any atom is 0.335 e. The Hall–Kier alpha value is -2.95. The minimum absolute atomic E-state index is 0.0202. The summed E-state index contributed by atoms with van der Waals surface area (Å²) in [5, 5.41) is 14.0. The maximum absolute atomic E-state index is 12.5. The van der Waals surface area contributed by atoms with Crippen LogP contribution in [0.3, 0.4) is 0 Å². The lowest BCUT2D eigenvalue weighted by molar-refractivity contribution is 0.0696. The van der Waals surface area contributed by atoms with Crippen LogP contribution in [0.25, 0.3) is 11.0 Å². The number of sulfonamides is 1. The van der Waals surface area contributed by atoms with Gasteiger partial charge in [-0.3, -0.25) is 10.2 Å². The van der Waals surface area contributed by atoms with Gasteiger partial charge in [-0.2, -0.15) is 0 Å². The number of hydrogen-bond acceptors (Lipinski definition) is 5. The van der Waals surface area contributed by atoms with Crippen LogP contribution in [0.1, 0.15) is 26.5 Å². The van der Waals surface area contributed by atoms with Gasteiger partial charge in [0, 0.05) is 5.56 Å². The normalized spacial score (nSPS) is 11.5. The smallest absolute Gasteiger partial charge is 0.335 e. The number of imidazole rings is 1. The Labute approximate surface area is 158 Å². The van der Waals surface area contributed by atoms with Crippen molar-refractivity contribution in [2.75, 3.05) is 5.43 Å². The Bertz CT molecular complexity index is 1200. The summed E-state index contributed by atoms with van der Waals surface area (Å²) in [4.78, 5) is 27.5. The van der Waals surface area contributed by atoms with Crippen LogP contribution in [0.2, 0.25) is 5.02 Å². The van der Waals surface area contributed by atoms with Crippen molar-refractivity contribution in [3.05, 3.63) is 58.4 Å². The Morgan fingerprint density at radius 1 is 1.19 bits per heavy atom. The van der Waals surface area contributed by atoms with Crippen molar-refractivity contribution in [2.45, 2.75) is 11.8 Å². The quantitative estimate of drug-likeness (QED) is 0.599. The molecule has 3 aromatic rings. The molecule has 0 spiro atoms. The van der Waals surface area contributed by atoms with Gasteiger partial charge in [-0.05, 0) is 43.3 Å². The number of rotatable bonds is 4.